The van der Waals surface area contributed by atoms with E-state index in [1.807, 2.05) is 6.07 Å². The number of ketones is 1. The molecule has 1 N–H and O–H groups in total. The Labute approximate surface area is 195 Å². The fourth-order valence-electron chi connectivity index (χ4n) is 3.81. The number of halogens is 2. The van der Waals surface area contributed by atoms with Gasteiger partial charge in [0.1, 0.15) is 11.6 Å². The number of hydrogen-bond acceptors (Lipinski definition) is 5. The standard InChI is InChI=1S/C24H14BrClN2O4/c25-14-7-8-18-13(10-14)11-19(32-18)22(29)20-21(17-6-1-2-9-27-17)28(24(31)23(20)30)16-5-3-4-15(26)12-16/h1-12,21,30H. The Morgan fingerprint density at radius 1 is 1.09 bits per heavy atom. The molecule has 0 saturated heterocycles. The van der Waals surface area contributed by atoms with E-state index in [2.05, 4.69) is 20.9 Å². The number of fused-ring (bicyclic) bond motifs is 1. The van der Waals surface area contributed by atoms with Crippen molar-refractivity contribution in [2.45, 2.75) is 6.04 Å². The zero-order valence-electron chi connectivity index (χ0n) is 16.3. The third-order valence-corrected chi connectivity index (χ3v) is 5.94. The number of amides is 1. The molecule has 8 heteroatoms. The number of hydrogen-bond donors (Lipinski definition) is 1. The number of carbonyl (C=O) groups excluding carboxylic acids is 2. The Kier molecular flexibility index (Phi) is 5.07. The van der Waals surface area contributed by atoms with Gasteiger partial charge < -0.3 is 9.52 Å². The average molecular weight is 510 g/mol. The van der Waals surface area contributed by atoms with Crippen molar-refractivity contribution < 1.29 is 19.1 Å². The molecule has 1 atom stereocenters. The summed E-state index contributed by atoms with van der Waals surface area (Å²) in [6.07, 6.45) is 1.56. The Hall–Kier alpha value is -3.42. The maximum absolute atomic E-state index is 13.5. The Morgan fingerprint density at radius 3 is 2.69 bits per heavy atom. The molecule has 4 aromatic rings. The second-order valence-corrected chi connectivity index (χ2v) is 8.55. The summed E-state index contributed by atoms with van der Waals surface area (Å²) >= 11 is 9.53. The zero-order chi connectivity index (χ0) is 22.4. The molecule has 2 aromatic heterocycles. The molecule has 0 aliphatic carbocycles. The van der Waals surface area contributed by atoms with Crippen molar-refractivity contribution in [3.63, 3.8) is 0 Å². The van der Waals surface area contributed by atoms with Crippen molar-refractivity contribution in [2.24, 2.45) is 0 Å². The van der Waals surface area contributed by atoms with Crippen LogP contribution in [0, 0.1) is 0 Å². The van der Waals surface area contributed by atoms with Crippen LogP contribution in [0.5, 0.6) is 0 Å². The lowest BCUT2D eigenvalue weighted by Gasteiger charge is -2.26. The molecule has 0 radical (unpaired) electrons. The highest BCUT2D eigenvalue weighted by molar-refractivity contribution is 9.10. The van der Waals surface area contributed by atoms with Crippen LogP contribution in [0.1, 0.15) is 22.3 Å². The average Bonchev–Trinajstić information content (AvgIpc) is 3.32. The maximum Gasteiger partial charge on any atom is 0.294 e. The zero-order valence-corrected chi connectivity index (χ0v) is 18.7. The van der Waals surface area contributed by atoms with E-state index in [9.17, 15) is 14.7 Å². The van der Waals surface area contributed by atoms with Crippen molar-refractivity contribution in [1.29, 1.82) is 0 Å². The summed E-state index contributed by atoms with van der Waals surface area (Å²) in [5, 5.41) is 11.9. The molecule has 0 spiro atoms. The summed E-state index contributed by atoms with van der Waals surface area (Å²) in [6.45, 7) is 0. The van der Waals surface area contributed by atoms with Crippen LogP contribution in [0.25, 0.3) is 11.0 Å². The number of nitrogens with zero attached hydrogens (tertiary/aromatic N) is 2. The van der Waals surface area contributed by atoms with Gasteiger partial charge in [0.2, 0.25) is 5.78 Å². The van der Waals surface area contributed by atoms with Crippen LogP contribution in [0.3, 0.4) is 0 Å². The van der Waals surface area contributed by atoms with Gasteiger partial charge in [-0.2, -0.15) is 0 Å². The molecule has 3 heterocycles. The molecule has 1 aliphatic rings. The van der Waals surface area contributed by atoms with Crippen molar-refractivity contribution in [3.05, 3.63) is 105 Å². The minimum Gasteiger partial charge on any atom is -0.503 e. The van der Waals surface area contributed by atoms with Gasteiger partial charge in [0.25, 0.3) is 5.91 Å². The second kappa shape index (κ2) is 7.93. The van der Waals surface area contributed by atoms with Crippen LogP contribution < -0.4 is 4.90 Å². The fraction of sp³-hybridized carbons (Fsp3) is 0.0417. The SMILES string of the molecule is O=C(C1=C(O)C(=O)N(c2cccc(Cl)c2)C1c1ccccn1)c1cc2cc(Br)ccc2o1. The summed E-state index contributed by atoms with van der Waals surface area (Å²) in [6, 6.07) is 17.8. The highest BCUT2D eigenvalue weighted by Gasteiger charge is 2.46. The molecule has 1 aliphatic heterocycles. The topological polar surface area (TPSA) is 83.6 Å². The molecule has 0 saturated carbocycles. The van der Waals surface area contributed by atoms with Crippen molar-refractivity contribution in [1.82, 2.24) is 4.98 Å². The third-order valence-electron chi connectivity index (χ3n) is 5.21. The lowest BCUT2D eigenvalue weighted by Crippen LogP contribution is -2.31. The smallest absolute Gasteiger partial charge is 0.294 e. The summed E-state index contributed by atoms with van der Waals surface area (Å²) in [7, 11) is 0. The van der Waals surface area contributed by atoms with E-state index >= 15 is 0 Å². The fourth-order valence-corrected chi connectivity index (χ4v) is 4.37. The van der Waals surface area contributed by atoms with E-state index < -0.39 is 23.5 Å². The molecule has 0 fully saturated rings. The summed E-state index contributed by atoms with van der Waals surface area (Å²) in [4.78, 5) is 32.3. The highest BCUT2D eigenvalue weighted by atomic mass is 79.9. The Balaban J connectivity index is 1.66. The van der Waals surface area contributed by atoms with Gasteiger partial charge in [0, 0.05) is 26.8 Å². The van der Waals surface area contributed by atoms with Gasteiger partial charge >= 0.3 is 0 Å². The molecule has 32 heavy (non-hydrogen) atoms. The third kappa shape index (κ3) is 3.39. The number of Topliss-reactive ketones (excluding diaryl/α,β-unsaturated/α-hetero) is 1. The summed E-state index contributed by atoms with van der Waals surface area (Å²) in [5.74, 6) is -1.94. The number of aromatic nitrogens is 1. The van der Waals surface area contributed by atoms with Crippen LogP contribution in [0.4, 0.5) is 5.69 Å². The van der Waals surface area contributed by atoms with Crippen molar-refractivity contribution >= 4 is 55.9 Å². The molecule has 2 aromatic carbocycles. The number of pyridine rings is 1. The lowest BCUT2D eigenvalue weighted by atomic mass is 9.98. The summed E-state index contributed by atoms with van der Waals surface area (Å²) in [5.41, 5.74) is 1.27. The van der Waals surface area contributed by atoms with E-state index in [4.69, 9.17) is 16.0 Å². The molecular formula is C24H14BrClN2O4. The van der Waals surface area contributed by atoms with E-state index in [-0.39, 0.29) is 11.3 Å². The minimum atomic E-state index is -0.949. The first-order valence-electron chi connectivity index (χ1n) is 9.61. The van der Waals surface area contributed by atoms with E-state index in [0.717, 1.165) is 4.47 Å². The number of rotatable bonds is 4. The first-order valence-corrected chi connectivity index (χ1v) is 10.8. The second-order valence-electron chi connectivity index (χ2n) is 7.20. The number of aliphatic hydroxyl groups excluding tert-OH is 1. The van der Waals surface area contributed by atoms with Crippen LogP contribution >= 0.6 is 27.5 Å². The van der Waals surface area contributed by atoms with Gasteiger partial charge in [0.05, 0.1) is 11.3 Å². The Morgan fingerprint density at radius 2 is 1.94 bits per heavy atom. The van der Waals surface area contributed by atoms with E-state index in [0.29, 0.717) is 27.4 Å². The van der Waals surface area contributed by atoms with E-state index in [1.165, 1.54) is 4.90 Å². The van der Waals surface area contributed by atoms with Crippen molar-refractivity contribution in [2.75, 3.05) is 4.90 Å². The largest absolute Gasteiger partial charge is 0.503 e. The predicted octanol–water partition coefficient (Wildman–Crippen LogP) is 6.03. The first kappa shape index (κ1) is 20.5. The van der Waals surface area contributed by atoms with Gasteiger partial charge in [-0.3, -0.25) is 19.5 Å². The monoisotopic (exact) mass is 508 g/mol. The van der Waals surface area contributed by atoms with Gasteiger partial charge in [-0.05, 0) is 54.6 Å². The van der Waals surface area contributed by atoms with Gasteiger partial charge in [-0.1, -0.05) is 39.7 Å². The maximum atomic E-state index is 13.5. The van der Waals surface area contributed by atoms with Gasteiger partial charge in [0.15, 0.2) is 11.5 Å². The molecule has 158 valence electrons. The molecule has 6 nitrogen and oxygen atoms in total. The lowest BCUT2D eigenvalue weighted by molar-refractivity contribution is -0.117. The number of aliphatic hydroxyl groups is 1. The molecule has 1 amide bonds. The van der Waals surface area contributed by atoms with Gasteiger partial charge in [-0.25, -0.2) is 0 Å². The molecule has 1 unspecified atom stereocenters. The quantitative estimate of drug-likeness (QED) is 0.340. The molecule has 5 rings (SSSR count). The van der Waals surface area contributed by atoms with Crippen LogP contribution in [-0.4, -0.2) is 21.8 Å². The Bertz CT molecular complexity index is 1410. The number of furan rings is 1. The number of carbonyl (C=O) groups is 2. The molecular weight excluding hydrogens is 496 g/mol. The normalized spacial score (nSPS) is 16.2. The van der Waals surface area contributed by atoms with Gasteiger partial charge in [-0.15, -0.1) is 0 Å². The first-order chi connectivity index (χ1) is 15.4. The van der Waals surface area contributed by atoms with E-state index in [1.54, 1.807) is 66.9 Å². The predicted molar refractivity (Wildman–Crippen MR) is 124 cm³/mol. The minimum absolute atomic E-state index is 0.0151. The molecule has 0 bridgehead atoms. The summed E-state index contributed by atoms with van der Waals surface area (Å²) < 4.78 is 6.57. The highest BCUT2D eigenvalue weighted by Crippen LogP contribution is 2.42. The van der Waals surface area contributed by atoms with Crippen LogP contribution in [0.15, 0.2) is 93.1 Å². The van der Waals surface area contributed by atoms with Crippen LogP contribution in [0.2, 0.25) is 5.02 Å². The number of benzene rings is 2. The van der Waals surface area contributed by atoms with Crippen molar-refractivity contribution in [3.8, 4) is 0 Å². The van der Waals surface area contributed by atoms with Crippen LogP contribution in [-0.2, 0) is 4.79 Å². The number of anilines is 1.